The van der Waals surface area contributed by atoms with Crippen molar-refractivity contribution in [1.29, 1.82) is 0 Å². The zero-order valence-corrected chi connectivity index (χ0v) is 17.0. The molecule has 1 aliphatic rings. The van der Waals surface area contributed by atoms with Crippen molar-refractivity contribution in [2.45, 2.75) is 19.8 Å². The summed E-state index contributed by atoms with van der Waals surface area (Å²) in [5.41, 5.74) is 5.22. The minimum atomic E-state index is -0.660. The number of carbonyl (C=O) groups excluding carboxylic acids is 3. The molecule has 0 saturated heterocycles. The number of nitrogens with zero attached hydrogens (tertiary/aromatic N) is 2. The maximum Gasteiger partial charge on any atom is 0.289 e. The molecule has 0 fully saturated rings. The Morgan fingerprint density at radius 2 is 1.83 bits per heavy atom. The summed E-state index contributed by atoms with van der Waals surface area (Å²) < 4.78 is 5.11. The van der Waals surface area contributed by atoms with E-state index in [4.69, 9.17) is 4.74 Å². The Morgan fingerprint density at radius 3 is 2.38 bits per heavy atom. The van der Waals surface area contributed by atoms with E-state index >= 15 is 0 Å². The molecule has 0 bridgehead atoms. The van der Waals surface area contributed by atoms with Crippen LogP contribution in [0.15, 0.2) is 53.6 Å². The monoisotopic (exact) mass is 411 g/mol. The molecule has 2 aromatic carbocycles. The smallest absolute Gasteiger partial charge is 0.289 e. The van der Waals surface area contributed by atoms with Crippen molar-refractivity contribution in [3.8, 4) is 5.75 Å². The molecule has 0 spiro atoms. The summed E-state index contributed by atoms with van der Waals surface area (Å²) in [6.07, 6.45) is 0.413. The Hall–Kier alpha value is -3.13. The highest BCUT2D eigenvalue weighted by Crippen LogP contribution is 2.22. The quantitative estimate of drug-likeness (QED) is 0.740. The number of hydrogen-bond donors (Lipinski definition) is 2. The topological polar surface area (TPSA) is 88.1 Å². The molecule has 0 aromatic heterocycles. The average molecular weight is 411 g/mol. The predicted molar refractivity (Wildman–Crippen MR) is 113 cm³/mol. The van der Waals surface area contributed by atoms with Crippen LogP contribution < -0.4 is 15.1 Å². The van der Waals surface area contributed by atoms with E-state index in [1.165, 1.54) is 0 Å². The van der Waals surface area contributed by atoms with Crippen LogP contribution in [-0.2, 0) is 16.0 Å². The number of carbonyl (C=O) groups is 3. The second kappa shape index (κ2) is 8.91. The fourth-order valence-electron chi connectivity index (χ4n) is 3.14. The highest BCUT2D eigenvalue weighted by molar-refractivity contribution is 7.97. The van der Waals surface area contributed by atoms with Gasteiger partial charge in [-0.05, 0) is 35.4 Å². The fourth-order valence-corrected chi connectivity index (χ4v) is 3.37. The number of ether oxygens (including phenoxy) is 1. The Labute approximate surface area is 174 Å². The van der Waals surface area contributed by atoms with Crippen LogP contribution in [0.5, 0.6) is 5.75 Å². The van der Waals surface area contributed by atoms with Crippen molar-refractivity contribution in [1.82, 2.24) is 5.43 Å². The number of hydrazone groups is 1. The van der Waals surface area contributed by atoms with Crippen LogP contribution in [0.2, 0.25) is 0 Å². The molecule has 7 nitrogen and oxygen atoms in total. The first kappa shape index (κ1) is 20.6. The summed E-state index contributed by atoms with van der Waals surface area (Å²) in [7, 11) is 1.57. The van der Waals surface area contributed by atoms with E-state index in [1.54, 1.807) is 55.6 Å². The van der Waals surface area contributed by atoms with Crippen molar-refractivity contribution >= 4 is 41.1 Å². The number of rotatable bonds is 5. The van der Waals surface area contributed by atoms with Crippen LogP contribution in [-0.4, -0.2) is 29.9 Å². The molecule has 2 aromatic rings. The third kappa shape index (κ3) is 4.83. The van der Waals surface area contributed by atoms with Crippen molar-refractivity contribution < 1.29 is 19.1 Å². The molecule has 1 aliphatic heterocycles. The lowest BCUT2D eigenvalue weighted by atomic mass is 9.94. The van der Waals surface area contributed by atoms with E-state index in [1.807, 2.05) is 6.92 Å². The number of nitrogens with one attached hydrogen (secondary N) is 1. The lowest BCUT2D eigenvalue weighted by Gasteiger charge is -2.21. The summed E-state index contributed by atoms with van der Waals surface area (Å²) in [6, 6.07) is 13.9. The second-order valence-corrected chi connectivity index (χ2v) is 7.10. The summed E-state index contributed by atoms with van der Waals surface area (Å²) in [6.45, 7) is 1.92. The predicted octanol–water partition coefficient (Wildman–Crippen LogP) is 3.18. The van der Waals surface area contributed by atoms with Gasteiger partial charge in [0.1, 0.15) is 5.75 Å². The second-order valence-electron chi connectivity index (χ2n) is 6.72. The molecule has 150 valence electrons. The third-order valence-corrected chi connectivity index (χ3v) is 4.84. The van der Waals surface area contributed by atoms with Gasteiger partial charge in [0.2, 0.25) is 11.8 Å². The van der Waals surface area contributed by atoms with Gasteiger partial charge in [0, 0.05) is 12.3 Å². The van der Waals surface area contributed by atoms with Gasteiger partial charge in [-0.2, -0.15) is 5.10 Å². The number of imide groups is 1. The molecule has 0 aliphatic carbocycles. The van der Waals surface area contributed by atoms with Crippen LogP contribution in [0.3, 0.4) is 0 Å². The van der Waals surface area contributed by atoms with Crippen molar-refractivity contribution in [2.75, 3.05) is 12.0 Å². The van der Waals surface area contributed by atoms with Gasteiger partial charge in [-0.15, -0.1) is 0 Å². The van der Waals surface area contributed by atoms with Gasteiger partial charge in [-0.1, -0.05) is 43.8 Å². The standard InChI is InChI=1S/C21H21N3O4S/c1-13-11-18(25)22-23-20(13)15-5-7-16(8-6-15)24(21(27)29)19(26)12-14-3-9-17(28-2)10-4-14/h3-10,13H,11-12H2,1-2H3,(H,22,25)(H,27,29). The van der Waals surface area contributed by atoms with Gasteiger partial charge < -0.3 is 4.74 Å². The summed E-state index contributed by atoms with van der Waals surface area (Å²) in [5.74, 6) is 0.163. The van der Waals surface area contributed by atoms with Gasteiger partial charge in [0.15, 0.2) is 0 Å². The Kier molecular flexibility index (Phi) is 6.33. The van der Waals surface area contributed by atoms with Crippen LogP contribution in [0, 0.1) is 5.92 Å². The molecule has 1 heterocycles. The van der Waals surface area contributed by atoms with Gasteiger partial charge in [-0.3, -0.25) is 14.4 Å². The summed E-state index contributed by atoms with van der Waals surface area (Å²) >= 11 is 3.87. The average Bonchev–Trinajstić information content (AvgIpc) is 2.69. The van der Waals surface area contributed by atoms with Crippen molar-refractivity contribution in [2.24, 2.45) is 11.0 Å². The van der Waals surface area contributed by atoms with Gasteiger partial charge in [0.25, 0.3) is 5.24 Å². The maximum absolute atomic E-state index is 12.7. The van der Waals surface area contributed by atoms with Crippen molar-refractivity contribution in [3.63, 3.8) is 0 Å². The van der Waals surface area contributed by atoms with Crippen LogP contribution in [0.4, 0.5) is 10.5 Å². The first-order valence-corrected chi connectivity index (χ1v) is 9.49. The number of amides is 3. The van der Waals surface area contributed by atoms with E-state index in [-0.39, 0.29) is 18.2 Å². The highest BCUT2D eigenvalue weighted by atomic mass is 32.1. The molecule has 3 amide bonds. The largest absolute Gasteiger partial charge is 0.497 e. The van der Waals surface area contributed by atoms with Gasteiger partial charge >= 0.3 is 0 Å². The number of hydrogen-bond acceptors (Lipinski definition) is 5. The fraction of sp³-hybridized carbons (Fsp3) is 0.238. The number of methoxy groups -OCH3 is 1. The number of anilines is 1. The molecular formula is C21H21N3O4S. The zero-order valence-electron chi connectivity index (χ0n) is 16.1. The van der Waals surface area contributed by atoms with Crippen LogP contribution in [0.25, 0.3) is 0 Å². The lowest BCUT2D eigenvalue weighted by Crippen LogP contribution is -2.34. The molecule has 8 heteroatoms. The van der Waals surface area contributed by atoms with Gasteiger partial charge in [-0.25, -0.2) is 10.3 Å². The Morgan fingerprint density at radius 1 is 1.17 bits per heavy atom. The minimum Gasteiger partial charge on any atom is -0.497 e. The molecule has 1 atom stereocenters. The van der Waals surface area contributed by atoms with Crippen LogP contribution >= 0.6 is 12.6 Å². The summed E-state index contributed by atoms with van der Waals surface area (Å²) in [4.78, 5) is 37.2. The normalized spacial score (nSPS) is 15.9. The van der Waals surface area contributed by atoms with Crippen molar-refractivity contribution in [3.05, 3.63) is 59.7 Å². The third-order valence-electron chi connectivity index (χ3n) is 4.64. The SMILES string of the molecule is COc1ccc(CC(=O)N(C(=O)S)c2ccc(C3=NNC(=O)CC3C)cc2)cc1. The molecule has 0 radical (unpaired) electrons. The van der Waals surface area contributed by atoms with E-state index in [0.717, 1.165) is 21.7 Å². The van der Waals surface area contributed by atoms with E-state index in [2.05, 4.69) is 23.2 Å². The highest BCUT2D eigenvalue weighted by Gasteiger charge is 2.24. The summed E-state index contributed by atoms with van der Waals surface area (Å²) in [5, 5.41) is 3.46. The molecule has 3 rings (SSSR count). The molecule has 29 heavy (non-hydrogen) atoms. The van der Waals surface area contributed by atoms with Gasteiger partial charge in [0.05, 0.1) is 24.9 Å². The number of thiol groups is 1. The van der Waals surface area contributed by atoms with Crippen LogP contribution in [0.1, 0.15) is 24.5 Å². The zero-order chi connectivity index (χ0) is 21.0. The molecular weight excluding hydrogens is 390 g/mol. The van der Waals surface area contributed by atoms with E-state index < -0.39 is 11.1 Å². The number of benzene rings is 2. The molecule has 1 N–H and O–H groups in total. The molecule has 0 saturated carbocycles. The Balaban J connectivity index is 1.79. The molecule has 1 unspecified atom stereocenters. The maximum atomic E-state index is 12.7. The first-order valence-electron chi connectivity index (χ1n) is 9.04. The van der Waals surface area contributed by atoms with E-state index in [9.17, 15) is 14.4 Å². The minimum absolute atomic E-state index is 0.0195. The Bertz CT molecular complexity index is 955. The lowest BCUT2D eigenvalue weighted by molar-refractivity contribution is -0.122. The first-order chi connectivity index (χ1) is 13.9. The van der Waals surface area contributed by atoms with E-state index in [0.29, 0.717) is 17.9 Å².